The van der Waals surface area contributed by atoms with Gasteiger partial charge < -0.3 is 10.2 Å². The third kappa shape index (κ3) is 3.28. The number of rotatable bonds is 4. The van der Waals surface area contributed by atoms with E-state index in [4.69, 9.17) is 0 Å². The lowest BCUT2D eigenvalue weighted by Gasteiger charge is -2.26. The highest BCUT2D eigenvalue weighted by molar-refractivity contribution is 4.85. The summed E-state index contributed by atoms with van der Waals surface area (Å²) < 4.78 is 0. The Morgan fingerprint density at radius 3 is 2.62 bits per heavy atom. The summed E-state index contributed by atoms with van der Waals surface area (Å²) >= 11 is 0. The summed E-state index contributed by atoms with van der Waals surface area (Å²) in [5.74, 6) is 0. The zero-order valence-corrected chi connectivity index (χ0v) is 9.56. The van der Waals surface area contributed by atoms with Crippen LogP contribution >= 0.6 is 0 Å². The molecule has 0 aromatic rings. The molecule has 1 atom stereocenters. The fraction of sp³-hybridized carbons (Fsp3) is 1.00. The normalized spacial score (nSPS) is 24.9. The van der Waals surface area contributed by atoms with Gasteiger partial charge in [0, 0.05) is 12.6 Å². The second-order valence-corrected chi connectivity index (χ2v) is 5.13. The van der Waals surface area contributed by atoms with Crippen LogP contribution in [0.25, 0.3) is 0 Å². The Hall–Kier alpha value is -0.0800. The molecular weight excluding hydrogens is 160 g/mol. The second kappa shape index (κ2) is 4.43. The van der Waals surface area contributed by atoms with Crippen molar-refractivity contribution < 1.29 is 0 Å². The zero-order valence-electron chi connectivity index (χ0n) is 9.56. The molecule has 0 aromatic carbocycles. The van der Waals surface area contributed by atoms with Gasteiger partial charge in [0.2, 0.25) is 0 Å². The van der Waals surface area contributed by atoms with Gasteiger partial charge in [-0.3, -0.25) is 0 Å². The Bertz CT molecular complexity index is 154. The van der Waals surface area contributed by atoms with Crippen LogP contribution in [0.2, 0.25) is 0 Å². The largest absolute Gasteiger partial charge is 0.320 e. The highest BCUT2D eigenvalue weighted by Gasteiger charge is 2.31. The van der Waals surface area contributed by atoms with E-state index in [0.717, 1.165) is 12.6 Å². The van der Waals surface area contributed by atoms with E-state index in [9.17, 15) is 0 Å². The Balaban J connectivity index is 2.29. The first-order valence-electron chi connectivity index (χ1n) is 5.44. The quantitative estimate of drug-likeness (QED) is 0.715. The van der Waals surface area contributed by atoms with Crippen LogP contribution < -0.4 is 5.32 Å². The first kappa shape index (κ1) is 11.0. The van der Waals surface area contributed by atoms with Crippen molar-refractivity contribution in [3.63, 3.8) is 0 Å². The fourth-order valence-electron chi connectivity index (χ4n) is 2.07. The number of likely N-dealkylation sites (tertiary alicyclic amines) is 1. The van der Waals surface area contributed by atoms with E-state index in [0.29, 0.717) is 5.41 Å². The van der Waals surface area contributed by atoms with Crippen molar-refractivity contribution in [3.05, 3.63) is 0 Å². The van der Waals surface area contributed by atoms with Crippen LogP contribution in [0.15, 0.2) is 0 Å². The standard InChI is InChI=1S/C11H24N2/c1-10(5-7-12-4)13-8-6-11(2,3)9-13/h10,12H,5-9H2,1-4H3. The molecule has 1 unspecified atom stereocenters. The Kier molecular flexibility index (Phi) is 3.74. The molecule has 0 bridgehead atoms. The van der Waals surface area contributed by atoms with Crippen LogP contribution in [-0.2, 0) is 0 Å². The van der Waals surface area contributed by atoms with E-state index >= 15 is 0 Å². The molecule has 2 nitrogen and oxygen atoms in total. The average molecular weight is 184 g/mol. The molecule has 1 aliphatic rings. The highest BCUT2D eigenvalue weighted by Crippen LogP contribution is 2.30. The van der Waals surface area contributed by atoms with E-state index in [2.05, 4.69) is 31.0 Å². The summed E-state index contributed by atoms with van der Waals surface area (Å²) in [6.45, 7) is 10.8. The third-order valence-corrected chi connectivity index (χ3v) is 3.14. The molecule has 1 N–H and O–H groups in total. The molecule has 2 heteroatoms. The minimum absolute atomic E-state index is 0.550. The van der Waals surface area contributed by atoms with Gasteiger partial charge in [-0.1, -0.05) is 13.8 Å². The molecule has 0 saturated carbocycles. The molecule has 1 rings (SSSR count). The maximum absolute atomic E-state index is 3.22. The van der Waals surface area contributed by atoms with Crippen LogP contribution in [0.4, 0.5) is 0 Å². The zero-order chi connectivity index (χ0) is 9.90. The number of hydrogen-bond donors (Lipinski definition) is 1. The van der Waals surface area contributed by atoms with E-state index in [1.165, 1.54) is 25.9 Å². The maximum Gasteiger partial charge on any atom is 0.00792 e. The predicted molar refractivity (Wildman–Crippen MR) is 58.0 cm³/mol. The van der Waals surface area contributed by atoms with Crippen molar-refractivity contribution in [2.45, 2.75) is 39.7 Å². The van der Waals surface area contributed by atoms with Crippen LogP contribution in [0.5, 0.6) is 0 Å². The topological polar surface area (TPSA) is 15.3 Å². The van der Waals surface area contributed by atoms with E-state index in [-0.39, 0.29) is 0 Å². The van der Waals surface area contributed by atoms with Crippen LogP contribution in [0.3, 0.4) is 0 Å². The van der Waals surface area contributed by atoms with E-state index in [1.807, 2.05) is 7.05 Å². The average Bonchev–Trinajstić information content (AvgIpc) is 2.42. The Labute approximate surface area is 82.7 Å². The molecule has 0 spiro atoms. The van der Waals surface area contributed by atoms with Crippen LogP contribution in [0.1, 0.15) is 33.6 Å². The van der Waals surface area contributed by atoms with Crippen molar-refractivity contribution in [3.8, 4) is 0 Å². The van der Waals surface area contributed by atoms with Gasteiger partial charge in [-0.2, -0.15) is 0 Å². The van der Waals surface area contributed by atoms with Crippen molar-refractivity contribution in [1.29, 1.82) is 0 Å². The molecule has 1 fully saturated rings. The van der Waals surface area contributed by atoms with Crippen molar-refractivity contribution in [2.75, 3.05) is 26.7 Å². The molecule has 0 amide bonds. The lowest BCUT2D eigenvalue weighted by atomic mass is 9.93. The first-order chi connectivity index (χ1) is 6.05. The van der Waals surface area contributed by atoms with Gasteiger partial charge in [0.25, 0.3) is 0 Å². The summed E-state index contributed by atoms with van der Waals surface area (Å²) in [6, 6.07) is 0.745. The summed E-state index contributed by atoms with van der Waals surface area (Å²) in [7, 11) is 2.03. The maximum atomic E-state index is 3.22. The fourth-order valence-corrected chi connectivity index (χ4v) is 2.07. The van der Waals surface area contributed by atoms with Crippen LogP contribution in [-0.4, -0.2) is 37.6 Å². The summed E-state index contributed by atoms with van der Waals surface area (Å²) in [6.07, 6.45) is 2.63. The Morgan fingerprint density at radius 1 is 1.46 bits per heavy atom. The van der Waals surface area contributed by atoms with Gasteiger partial charge in [0.1, 0.15) is 0 Å². The summed E-state index contributed by atoms with van der Waals surface area (Å²) in [4.78, 5) is 2.62. The molecular formula is C11H24N2. The molecule has 1 aliphatic heterocycles. The van der Waals surface area contributed by atoms with Gasteiger partial charge in [-0.25, -0.2) is 0 Å². The summed E-state index contributed by atoms with van der Waals surface area (Å²) in [5, 5.41) is 3.22. The van der Waals surface area contributed by atoms with E-state index < -0.39 is 0 Å². The molecule has 0 aliphatic carbocycles. The highest BCUT2D eigenvalue weighted by atomic mass is 15.2. The lowest BCUT2D eigenvalue weighted by Crippen LogP contribution is -2.34. The van der Waals surface area contributed by atoms with Gasteiger partial charge in [0.05, 0.1) is 0 Å². The molecule has 1 heterocycles. The minimum atomic E-state index is 0.550. The van der Waals surface area contributed by atoms with Gasteiger partial charge in [-0.15, -0.1) is 0 Å². The minimum Gasteiger partial charge on any atom is -0.320 e. The Morgan fingerprint density at radius 2 is 2.15 bits per heavy atom. The summed E-state index contributed by atoms with van der Waals surface area (Å²) in [5.41, 5.74) is 0.550. The van der Waals surface area contributed by atoms with Crippen molar-refractivity contribution >= 4 is 0 Å². The molecule has 1 saturated heterocycles. The first-order valence-corrected chi connectivity index (χ1v) is 5.44. The molecule has 0 aromatic heterocycles. The third-order valence-electron chi connectivity index (χ3n) is 3.14. The van der Waals surface area contributed by atoms with Crippen molar-refractivity contribution in [2.24, 2.45) is 5.41 Å². The van der Waals surface area contributed by atoms with Gasteiger partial charge in [0.15, 0.2) is 0 Å². The monoisotopic (exact) mass is 184 g/mol. The van der Waals surface area contributed by atoms with Crippen molar-refractivity contribution in [1.82, 2.24) is 10.2 Å². The second-order valence-electron chi connectivity index (χ2n) is 5.13. The van der Waals surface area contributed by atoms with E-state index in [1.54, 1.807) is 0 Å². The number of nitrogens with one attached hydrogen (secondary N) is 1. The SMILES string of the molecule is CNCCC(C)N1CCC(C)(C)C1. The lowest BCUT2D eigenvalue weighted by molar-refractivity contribution is 0.220. The van der Waals surface area contributed by atoms with Gasteiger partial charge in [-0.05, 0) is 45.3 Å². The molecule has 13 heavy (non-hydrogen) atoms. The number of hydrogen-bond acceptors (Lipinski definition) is 2. The molecule has 78 valence electrons. The van der Waals surface area contributed by atoms with Gasteiger partial charge >= 0.3 is 0 Å². The smallest absolute Gasteiger partial charge is 0.00792 e. The number of nitrogens with zero attached hydrogens (tertiary/aromatic N) is 1. The van der Waals surface area contributed by atoms with Crippen LogP contribution in [0, 0.1) is 5.41 Å². The predicted octanol–water partition coefficient (Wildman–Crippen LogP) is 1.72. The molecule has 0 radical (unpaired) electrons.